The molecule has 2 heterocycles. The van der Waals surface area contributed by atoms with Crippen LogP contribution in [0.1, 0.15) is 19.3 Å². The molecule has 1 aromatic carbocycles. The molecule has 2 aromatic rings. The minimum Gasteiger partial charge on any atom is -0.390 e. The minimum atomic E-state index is 0.0949. The lowest BCUT2D eigenvalue weighted by atomic mass is 10.1. The topological polar surface area (TPSA) is 59.4 Å². The molecule has 108 valence electrons. The maximum absolute atomic E-state index is 6.08. The molecule has 1 unspecified atom stereocenters. The van der Waals surface area contributed by atoms with E-state index in [1.54, 1.807) is 6.20 Å². The predicted molar refractivity (Wildman–Crippen MR) is 82.7 cm³/mol. The van der Waals surface area contributed by atoms with E-state index in [4.69, 9.17) is 16.4 Å². The molecular formula is C15H15ClN4O. The van der Waals surface area contributed by atoms with E-state index in [1.165, 1.54) is 18.6 Å². The summed E-state index contributed by atoms with van der Waals surface area (Å²) in [6.45, 7) is 0.681. The Kier molecular flexibility index (Phi) is 3.15. The summed E-state index contributed by atoms with van der Waals surface area (Å²) in [5, 5.41) is 8.06. The number of nitrogens with zero attached hydrogens (tertiary/aromatic N) is 3. The van der Waals surface area contributed by atoms with Gasteiger partial charge in [0.05, 0.1) is 29.0 Å². The van der Waals surface area contributed by atoms with Crippen LogP contribution in [0.4, 0.5) is 5.82 Å². The summed E-state index contributed by atoms with van der Waals surface area (Å²) >= 11 is 6.08. The highest BCUT2D eigenvalue weighted by Gasteiger charge is 2.33. The van der Waals surface area contributed by atoms with Gasteiger partial charge in [-0.2, -0.15) is 0 Å². The molecule has 1 fully saturated rings. The fourth-order valence-electron chi connectivity index (χ4n) is 2.53. The quantitative estimate of drug-likeness (QED) is 0.942. The third-order valence-corrected chi connectivity index (χ3v) is 4.14. The van der Waals surface area contributed by atoms with E-state index in [2.05, 4.69) is 20.4 Å². The number of anilines is 1. The average molecular weight is 303 g/mol. The largest absolute Gasteiger partial charge is 0.390 e. The molecule has 1 aliphatic carbocycles. The third-order valence-electron chi connectivity index (χ3n) is 3.84. The lowest BCUT2D eigenvalue weighted by Crippen LogP contribution is -2.20. The zero-order valence-electron chi connectivity index (χ0n) is 11.4. The molecule has 0 bridgehead atoms. The van der Waals surface area contributed by atoms with Crippen LogP contribution in [0.3, 0.4) is 0 Å². The van der Waals surface area contributed by atoms with Gasteiger partial charge in [0.25, 0.3) is 0 Å². The van der Waals surface area contributed by atoms with E-state index < -0.39 is 0 Å². The van der Waals surface area contributed by atoms with Crippen LogP contribution in [0.25, 0.3) is 11.0 Å². The van der Waals surface area contributed by atoms with Crippen LogP contribution in [-0.4, -0.2) is 28.3 Å². The lowest BCUT2D eigenvalue weighted by molar-refractivity contribution is 0.0948. The number of oxime groups is 1. The number of benzene rings is 1. The highest BCUT2D eigenvalue weighted by molar-refractivity contribution is 6.34. The SMILES string of the molecule is Clc1cccc2nc(NCC3CC(C4CC4)=NO3)cnc12. The van der Waals surface area contributed by atoms with Crippen LogP contribution in [0, 0.1) is 5.92 Å². The van der Waals surface area contributed by atoms with Crippen molar-refractivity contribution in [3.63, 3.8) is 0 Å². The number of aromatic nitrogens is 2. The first-order chi connectivity index (χ1) is 10.3. The second-order valence-corrected chi connectivity index (χ2v) is 5.94. The van der Waals surface area contributed by atoms with E-state index in [1.807, 2.05) is 18.2 Å². The number of hydrogen-bond acceptors (Lipinski definition) is 5. The summed E-state index contributed by atoms with van der Waals surface area (Å²) in [4.78, 5) is 14.3. The molecule has 5 nitrogen and oxygen atoms in total. The van der Waals surface area contributed by atoms with Crippen molar-refractivity contribution in [1.82, 2.24) is 9.97 Å². The second-order valence-electron chi connectivity index (χ2n) is 5.53. The van der Waals surface area contributed by atoms with Gasteiger partial charge in [-0.25, -0.2) is 9.97 Å². The van der Waals surface area contributed by atoms with Crippen molar-refractivity contribution in [2.45, 2.75) is 25.4 Å². The van der Waals surface area contributed by atoms with Gasteiger partial charge < -0.3 is 10.2 Å². The average Bonchev–Trinajstić information content (AvgIpc) is 3.24. The van der Waals surface area contributed by atoms with E-state index in [-0.39, 0.29) is 6.10 Å². The van der Waals surface area contributed by atoms with E-state index in [0.29, 0.717) is 17.5 Å². The van der Waals surface area contributed by atoms with E-state index >= 15 is 0 Å². The number of rotatable bonds is 4. The molecule has 4 rings (SSSR count). The number of nitrogens with one attached hydrogen (secondary N) is 1. The predicted octanol–water partition coefficient (Wildman–Crippen LogP) is 3.25. The molecule has 1 N–H and O–H groups in total. The maximum Gasteiger partial charge on any atom is 0.150 e. The van der Waals surface area contributed by atoms with Crippen molar-refractivity contribution in [3.8, 4) is 0 Å². The number of halogens is 1. The van der Waals surface area contributed by atoms with Gasteiger partial charge in [-0.15, -0.1) is 0 Å². The van der Waals surface area contributed by atoms with Gasteiger partial charge in [-0.3, -0.25) is 0 Å². The Morgan fingerprint density at radius 1 is 1.33 bits per heavy atom. The highest BCUT2D eigenvalue weighted by atomic mass is 35.5. The standard InChI is InChI=1S/C15H15ClN4O/c16-11-2-1-3-12-15(11)18-8-14(19-12)17-7-10-6-13(20-21-10)9-4-5-9/h1-3,8-10H,4-7H2,(H,17,19). The second kappa shape index (κ2) is 5.15. The van der Waals surface area contributed by atoms with Crippen molar-refractivity contribution in [2.24, 2.45) is 11.1 Å². The Morgan fingerprint density at radius 2 is 2.24 bits per heavy atom. The van der Waals surface area contributed by atoms with Crippen LogP contribution in [0.15, 0.2) is 29.6 Å². The van der Waals surface area contributed by atoms with Gasteiger partial charge in [-0.1, -0.05) is 22.8 Å². The molecule has 1 saturated carbocycles. The van der Waals surface area contributed by atoms with Gasteiger partial charge in [-0.05, 0) is 25.0 Å². The molecule has 2 aliphatic rings. The molecule has 0 amide bonds. The highest BCUT2D eigenvalue weighted by Crippen LogP contribution is 2.34. The van der Waals surface area contributed by atoms with Crippen LogP contribution in [0.5, 0.6) is 0 Å². The molecular weight excluding hydrogens is 288 g/mol. The Hall–Kier alpha value is -1.88. The minimum absolute atomic E-state index is 0.0949. The zero-order valence-corrected chi connectivity index (χ0v) is 12.2. The molecule has 21 heavy (non-hydrogen) atoms. The normalized spacial score (nSPS) is 21.2. The fourth-order valence-corrected chi connectivity index (χ4v) is 2.75. The summed E-state index contributed by atoms with van der Waals surface area (Å²) in [6, 6.07) is 5.59. The summed E-state index contributed by atoms with van der Waals surface area (Å²) < 4.78 is 0. The van der Waals surface area contributed by atoms with Crippen molar-refractivity contribution in [2.75, 3.05) is 11.9 Å². The van der Waals surface area contributed by atoms with E-state index in [0.717, 1.165) is 23.3 Å². The number of hydrogen-bond donors (Lipinski definition) is 1. The van der Waals surface area contributed by atoms with Crippen LogP contribution in [0.2, 0.25) is 5.02 Å². The molecule has 6 heteroatoms. The summed E-state index contributed by atoms with van der Waals surface area (Å²) in [6.07, 6.45) is 5.24. The van der Waals surface area contributed by atoms with Gasteiger partial charge in [0.2, 0.25) is 0 Å². The maximum atomic E-state index is 6.08. The monoisotopic (exact) mass is 302 g/mol. The molecule has 0 saturated heterocycles. The summed E-state index contributed by atoms with van der Waals surface area (Å²) in [7, 11) is 0. The smallest absolute Gasteiger partial charge is 0.150 e. The van der Waals surface area contributed by atoms with Gasteiger partial charge in [0.1, 0.15) is 17.4 Å². The Balaban J connectivity index is 1.41. The first kappa shape index (κ1) is 12.8. The Bertz CT molecular complexity index is 714. The molecule has 0 radical (unpaired) electrons. The molecule has 0 spiro atoms. The summed E-state index contributed by atoms with van der Waals surface area (Å²) in [5.41, 5.74) is 2.73. The Labute approximate surface area is 127 Å². The summed E-state index contributed by atoms with van der Waals surface area (Å²) in [5.74, 6) is 1.41. The number of para-hydroxylation sites is 1. The van der Waals surface area contributed by atoms with Crippen LogP contribution < -0.4 is 5.32 Å². The fraction of sp³-hybridized carbons (Fsp3) is 0.400. The van der Waals surface area contributed by atoms with Crippen molar-refractivity contribution in [1.29, 1.82) is 0 Å². The third kappa shape index (κ3) is 2.65. The van der Waals surface area contributed by atoms with Gasteiger partial charge >= 0.3 is 0 Å². The Morgan fingerprint density at radius 3 is 3.10 bits per heavy atom. The lowest BCUT2D eigenvalue weighted by Gasteiger charge is -2.10. The van der Waals surface area contributed by atoms with Crippen molar-refractivity contribution >= 4 is 34.2 Å². The zero-order chi connectivity index (χ0) is 14.2. The number of fused-ring (bicyclic) bond motifs is 1. The van der Waals surface area contributed by atoms with E-state index in [9.17, 15) is 0 Å². The first-order valence-electron chi connectivity index (χ1n) is 7.17. The molecule has 1 aliphatic heterocycles. The van der Waals surface area contributed by atoms with Crippen molar-refractivity contribution < 1.29 is 4.84 Å². The molecule has 1 atom stereocenters. The first-order valence-corrected chi connectivity index (χ1v) is 7.55. The van der Waals surface area contributed by atoms with Crippen LogP contribution >= 0.6 is 11.6 Å². The van der Waals surface area contributed by atoms with Gasteiger partial charge in [0, 0.05) is 12.3 Å². The molecule has 1 aromatic heterocycles. The van der Waals surface area contributed by atoms with Gasteiger partial charge in [0.15, 0.2) is 0 Å². The van der Waals surface area contributed by atoms with Crippen LogP contribution in [-0.2, 0) is 4.84 Å². The van der Waals surface area contributed by atoms with Crippen molar-refractivity contribution in [3.05, 3.63) is 29.4 Å².